The number of thioether (sulfide) groups is 1. The van der Waals surface area contributed by atoms with Crippen LogP contribution < -0.4 is 5.32 Å². The third-order valence-corrected chi connectivity index (χ3v) is 3.22. The maximum absolute atomic E-state index is 4.97. The van der Waals surface area contributed by atoms with E-state index in [2.05, 4.69) is 34.0 Å². The summed E-state index contributed by atoms with van der Waals surface area (Å²) >= 11 is 1.82. The molecule has 0 amide bonds. The zero-order chi connectivity index (χ0) is 12.5. The van der Waals surface area contributed by atoms with Crippen LogP contribution in [0.15, 0.2) is 0 Å². The van der Waals surface area contributed by atoms with Crippen molar-refractivity contribution in [3.8, 4) is 0 Å². The van der Waals surface area contributed by atoms with Gasteiger partial charge < -0.3 is 10.1 Å². The molecule has 1 aromatic heterocycles. The van der Waals surface area contributed by atoms with Crippen LogP contribution in [-0.2, 0) is 11.3 Å². The lowest BCUT2D eigenvalue weighted by Crippen LogP contribution is -2.23. The van der Waals surface area contributed by atoms with Gasteiger partial charge in [-0.05, 0) is 23.1 Å². The van der Waals surface area contributed by atoms with Crippen molar-refractivity contribution in [3.63, 3.8) is 0 Å². The van der Waals surface area contributed by atoms with E-state index >= 15 is 0 Å². The van der Waals surface area contributed by atoms with Gasteiger partial charge in [-0.25, -0.2) is 4.68 Å². The van der Waals surface area contributed by atoms with Gasteiger partial charge in [0, 0.05) is 19.4 Å². The first kappa shape index (κ1) is 14.4. The number of tetrazole rings is 1. The summed E-state index contributed by atoms with van der Waals surface area (Å²) in [5.41, 5.74) is 0. The number of methoxy groups -OCH3 is 1. The van der Waals surface area contributed by atoms with Crippen LogP contribution in [0.25, 0.3) is 0 Å². The fourth-order valence-corrected chi connectivity index (χ4v) is 2.30. The number of ether oxygens (including phenoxy) is 1. The molecule has 0 fully saturated rings. The Balaban J connectivity index is 2.51. The third kappa shape index (κ3) is 4.61. The fraction of sp³-hybridized carbons (Fsp3) is 0.900. The summed E-state index contributed by atoms with van der Waals surface area (Å²) in [6.45, 7) is 4.35. The van der Waals surface area contributed by atoms with Crippen LogP contribution in [-0.4, -0.2) is 52.5 Å². The van der Waals surface area contributed by atoms with Crippen molar-refractivity contribution in [1.82, 2.24) is 25.5 Å². The van der Waals surface area contributed by atoms with Crippen molar-refractivity contribution in [2.24, 2.45) is 0 Å². The minimum atomic E-state index is 0.374. The van der Waals surface area contributed by atoms with E-state index < -0.39 is 0 Å². The van der Waals surface area contributed by atoms with Crippen molar-refractivity contribution in [2.45, 2.75) is 25.9 Å². The van der Waals surface area contributed by atoms with Gasteiger partial charge in [-0.1, -0.05) is 6.92 Å². The molecule has 0 saturated heterocycles. The molecule has 0 spiro atoms. The number of nitrogens with one attached hydrogen (secondary N) is 1. The lowest BCUT2D eigenvalue weighted by molar-refractivity contribution is 0.198. The van der Waals surface area contributed by atoms with E-state index in [1.807, 2.05) is 16.4 Å². The minimum absolute atomic E-state index is 0.374. The van der Waals surface area contributed by atoms with E-state index in [0.29, 0.717) is 19.2 Å². The van der Waals surface area contributed by atoms with Gasteiger partial charge in [0.1, 0.15) is 0 Å². The number of rotatable bonds is 9. The summed E-state index contributed by atoms with van der Waals surface area (Å²) in [7, 11) is 1.69. The summed E-state index contributed by atoms with van der Waals surface area (Å²) < 4.78 is 6.90. The quantitative estimate of drug-likeness (QED) is 0.659. The second kappa shape index (κ2) is 8.43. The van der Waals surface area contributed by atoms with Gasteiger partial charge in [0.2, 0.25) is 0 Å². The monoisotopic (exact) mass is 259 g/mol. The number of nitrogens with zero attached hydrogens (tertiary/aromatic N) is 4. The molecule has 1 N–H and O–H groups in total. The highest BCUT2D eigenvalue weighted by Gasteiger charge is 2.14. The highest BCUT2D eigenvalue weighted by Crippen LogP contribution is 2.15. The molecule has 7 heteroatoms. The highest BCUT2D eigenvalue weighted by molar-refractivity contribution is 7.98. The normalized spacial score (nSPS) is 12.9. The Morgan fingerprint density at radius 1 is 1.53 bits per heavy atom. The summed E-state index contributed by atoms with van der Waals surface area (Å²) in [6, 6.07) is 0.374. The largest absolute Gasteiger partial charge is 0.383 e. The van der Waals surface area contributed by atoms with Gasteiger partial charge >= 0.3 is 0 Å². The van der Waals surface area contributed by atoms with Crippen LogP contribution in [0.3, 0.4) is 0 Å². The Labute approximate surface area is 106 Å². The Bertz CT molecular complexity index is 307. The first-order valence-corrected chi connectivity index (χ1v) is 7.18. The maximum Gasteiger partial charge on any atom is 0.165 e. The van der Waals surface area contributed by atoms with E-state index in [0.717, 1.165) is 24.5 Å². The molecule has 0 aliphatic rings. The lowest BCUT2D eigenvalue weighted by atomic mass is 10.2. The molecule has 0 aliphatic carbocycles. The predicted octanol–water partition coefficient (Wildman–Crippen LogP) is 0.723. The average molecular weight is 259 g/mol. The molecule has 0 aromatic carbocycles. The Kier molecular flexibility index (Phi) is 7.14. The van der Waals surface area contributed by atoms with Crippen LogP contribution in [0, 0.1) is 0 Å². The van der Waals surface area contributed by atoms with E-state index in [1.165, 1.54) is 0 Å². The standard InChI is InChI=1S/C10H21N5OS/c1-4-9(8-17-3)15-10(12-13-14-15)7-11-5-6-16-2/h9,11H,4-8H2,1-3H3. The predicted molar refractivity (Wildman–Crippen MR) is 69.1 cm³/mol. The number of hydrogen-bond donors (Lipinski definition) is 1. The lowest BCUT2D eigenvalue weighted by Gasteiger charge is -2.15. The molecule has 1 atom stereocenters. The van der Waals surface area contributed by atoms with Crippen molar-refractivity contribution in [1.29, 1.82) is 0 Å². The molecule has 0 bridgehead atoms. The van der Waals surface area contributed by atoms with Crippen molar-refractivity contribution < 1.29 is 4.74 Å². The molecule has 98 valence electrons. The zero-order valence-corrected chi connectivity index (χ0v) is 11.5. The minimum Gasteiger partial charge on any atom is -0.383 e. The first-order chi connectivity index (χ1) is 8.33. The fourth-order valence-electron chi connectivity index (χ4n) is 1.54. The van der Waals surface area contributed by atoms with Gasteiger partial charge in [-0.3, -0.25) is 0 Å². The molecule has 1 aromatic rings. The highest BCUT2D eigenvalue weighted by atomic mass is 32.2. The van der Waals surface area contributed by atoms with Crippen LogP contribution >= 0.6 is 11.8 Å². The number of aromatic nitrogens is 4. The topological polar surface area (TPSA) is 64.9 Å². The summed E-state index contributed by atoms with van der Waals surface area (Å²) in [5, 5.41) is 15.1. The van der Waals surface area contributed by atoms with E-state index in [4.69, 9.17) is 4.74 Å². The first-order valence-electron chi connectivity index (χ1n) is 5.78. The van der Waals surface area contributed by atoms with Crippen molar-refractivity contribution in [3.05, 3.63) is 5.82 Å². The molecular formula is C10H21N5OS. The van der Waals surface area contributed by atoms with Gasteiger partial charge in [-0.15, -0.1) is 5.10 Å². The van der Waals surface area contributed by atoms with Gasteiger partial charge in [0.15, 0.2) is 5.82 Å². The molecule has 17 heavy (non-hydrogen) atoms. The molecule has 0 saturated carbocycles. The van der Waals surface area contributed by atoms with Crippen molar-refractivity contribution >= 4 is 11.8 Å². The molecular weight excluding hydrogens is 238 g/mol. The Morgan fingerprint density at radius 3 is 3.00 bits per heavy atom. The van der Waals surface area contributed by atoms with Gasteiger partial charge in [0.25, 0.3) is 0 Å². The summed E-state index contributed by atoms with van der Waals surface area (Å²) in [5.74, 6) is 1.93. The second-order valence-electron chi connectivity index (χ2n) is 3.73. The van der Waals surface area contributed by atoms with Crippen molar-refractivity contribution in [2.75, 3.05) is 32.3 Å². The van der Waals surface area contributed by atoms with E-state index in [-0.39, 0.29) is 0 Å². The van der Waals surface area contributed by atoms with Gasteiger partial charge in [-0.2, -0.15) is 11.8 Å². The molecule has 0 aliphatic heterocycles. The molecule has 1 heterocycles. The third-order valence-electron chi connectivity index (χ3n) is 2.50. The second-order valence-corrected chi connectivity index (χ2v) is 4.64. The smallest absolute Gasteiger partial charge is 0.165 e. The maximum atomic E-state index is 4.97. The summed E-state index contributed by atoms with van der Waals surface area (Å²) in [6.07, 6.45) is 3.14. The van der Waals surface area contributed by atoms with E-state index in [1.54, 1.807) is 7.11 Å². The van der Waals surface area contributed by atoms with Crippen LogP contribution in [0.4, 0.5) is 0 Å². The molecule has 1 unspecified atom stereocenters. The van der Waals surface area contributed by atoms with Crippen LogP contribution in [0.1, 0.15) is 25.2 Å². The zero-order valence-electron chi connectivity index (χ0n) is 10.7. The molecule has 0 radical (unpaired) electrons. The van der Waals surface area contributed by atoms with Crippen LogP contribution in [0.2, 0.25) is 0 Å². The SMILES string of the molecule is CCC(CSC)n1nnnc1CNCCOC. The van der Waals surface area contributed by atoms with E-state index in [9.17, 15) is 0 Å². The van der Waals surface area contributed by atoms with Crippen LogP contribution in [0.5, 0.6) is 0 Å². The average Bonchev–Trinajstić information content (AvgIpc) is 2.80. The molecule has 6 nitrogen and oxygen atoms in total. The Morgan fingerprint density at radius 2 is 2.35 bits per heavy atom. The van der Waals surface area contributed by atoms with Gasteiger partial charge in [0.05, 0.1) is 19.2 Å². The molecule has 1 rings (SSSR count). The Hall–Kier alpha value is -0.660. The number of hydrogen-bond acceptors (Lipinski definition) is 6. The summed E-state index contributed by atoms with van der Waals surface area (Å²) in [4.78, 5) is 0.